The Hall–Kier alpha value is -2.97. The first-order valence-corrected chi connectivity index (χ1v) is 11.7. The number of aryl methyl sites for hydroxylation is 1. The lowest BCUT2D eigenvalue weighted by atomic mass is 10.0. The molecular weight excluding hydrogens is 414 g/mol. The summed E-state index contributed by atoms with van der Waals surface area (Å²) < 4.78 is 29.8. The van der Waals surface area contributed by atoms with Gasteiger partial charge in [0.25, 0.3) is 0 Å². The molecule has 7 nitrogen and oxygen atoms in total. The number of aliphatic carboxylic acids is 1. The third-order valence-electron chi connectivity index (χ3n) is 5.68. The van der Waals surface area contributed by atoms with Gasteiger partial charge in [0.05, 0.1) is 29.2 Å². The number of carbonyl (C=O) groups is 1. The van der Waals surface area contributed by atoms with Gasteiger partial charge in [0.1, 0.15) is 0 Å². The van der Waals surface area contributed by atoms with E-state index < -0.39 is 16.0 Å². The van der Waals surface area contributed by atoms with Gasteiger partial charge in [0.15, 0.2) is 0 Å². The Labute approximate surface area is 182 Å². The molecule has 2 aromatic carbocycles. The molecule has 1 aliphatic rings. The monoisotopic (exact) mass is 439 g/mol. The molecule has 1 aliphatic heterocycles. The van der Waals surface area contributed by atoms with E-state index in [1.54, 1.807) is 46.2 Å². The summed E-state index contributed by atoms with van der Waals surface area (Å²) in [4.78, 5) is 11.8. The largest absolute Gasteiger partial charge is 0.481 e. The Morgan fingerprint density at radius 2 is 1.74 bits per heavy atom. The van der Waals surface area contributed by atoms with E-state index >= 15 is 0 Å². The summed E-state index contributed by atoms with van der Waals surface area (Å²) in [5, 5.41) is 14.0. The van der Waals surface area contributed by atoms with Crippen LogP contribution in [0.25, 0.3) is 11.3 Å². The van der Waals surface area contributed by atoms with E-state index in [0.717, 1.165) is 24.1 Å². The van der Waals surface area contributed by atoms with Gasteiger partial charge in [0, 0.05) is 23.7 Å². The molecule has 162 valence electrons. The molecule has 31 heavy (non-hydrogen) atoms. The second-order valence-corrected chi connectivity index (χ2v) is 9.65. The number of nitrogens with zero attached hydrogens (tertiary/aromatic N) is 3. The molecule has 1 unspecified atom stereocenters. The minimum atomic E-state index is -3.61. The molecule has 1 saturated heterocycles. The van der Waals surface area contributed by atoms with Crippen molar-refractivity contribution in [2.75, 3.05) is 6.54 Å². The van der Waals surface area contributed by atoms with Gasteiger partial charge in [-0.2, -0.15) is 9.40 Å². The average Bonchev–Trinajstić information content (AvgIpc) is 3.34. The smallest absolute Gasteiger partial charge is 0.307 e. The van der Waals surface area contributed by atoms with Crippen LogP contribution in [-0.2, 0) is 27.8 Å². The summed E-state index contributed by atoms with van der Waals surface area (Å²) in [6.45, 7) is 2.63. The molecule has 8 heteroatoms. The van der Waals surface area contributed by atoms with Crippen molar-refractivity contribution in [2.45, 2.75) is 43.7 Å². The summed E-state index contributed by atoms with van der Waals surface area (Å²) >= 11 is 0. The van der Waals surface area contributed by atoms with Crippen molar-refractivity contribution in [3.05, 3.63) is 71.9 Å². The number of carboxylic acid groups (broad SMARTS) is 1. The predicted octanol–water partition coefficient (Wildman–Crippen LogP) is 3.34. The van der Waals surface area contributed by atoms with E-state index in [1.807, 2.05) is 30.3 Å². The van der Waals surface area contributed by atoms with Crippen LogP contribution in [0.2, 0.25) is 0 Å². The SMILES string of the molecule is Cc1nn(CC2CCCN2S(=O)(=O)c2ccccc2)c(-c2ccccc2)c1CC(=O)O. The van der Waals surface area contributed by atoms with Gasteiger partial charge in [-0.3, -0.25) is 9.48 Å². The zero-order chi connectivity index (χ0) is 22.0. The molecule has 1 aromatic heterocycles. The third kappa shape index (κ3) is 4.26. The maximum atomic E-state index is 13.2. The van der Waals surface area contributed by atoms with Crippen LogP contribution in [0.15, 0.2) is 65.6 Å². The molecule has 0 amide bonds. The van der Waals surface area contributed by atoms with Crippen LogP contribution in [0, 0.1) is 6.92 Å². The molecular formula is C23H25N3O4S. The molecule has 0 saturated carbocycles. The van der Waals surface area contributed by atoms with E-state index in [-0.39, 0.29) is 17.4 Å². The van der Waals surface area contributed by atoms with Gasteiger partial charge in [-0.15, -0.1) is 0 Å². The van der Waals surface area contributed by atoms with Crippen LogP contribution in [0.5, 0.6) is 0 Å². The fourth-order valence-corrected chi connectivity index (χ4v) is 5.97. The van der Waals surface area contributed by atoms with Gasteiger partial charge >= 0.3 is 5.97 Å². The minimum absolute atomic E-state index is 0.132. The topological polar surface area (TPSA) is 92.5 Å². The Kier molecular flexibility index (Phi) is 5.93. The highest BCUT2D eigenvalue weighted by Crippen LogP contribution is 2.31. The lowest BCUT2D eigenvalue weighted by molar-refractivity contribution is -0.136. The van der Waals surface area contributed by atoms with E-state index in [9.17, 15) is 18.3 Å². The highest BCUT2D eigenvalue weighted by Gasteiger charge is 2.36. The van der Waals surface area contributed by atoms with Crippen molar-refractivity contribution >= 4 is 16.0 Å². The van der Waals surface area contributed by atoms with Crippen molar-refractivity contribution in [2.24, 2.45) is 0 Å². The van der Waals surface area contributed by atoms with Crippen molar-refractivity contribution in [3.8, 4) is 11.3 Å². The highest BCUT2D eigenvalue weighted by molar-refractivity contribution is 7.89. The molecule has 4 rings (SSSR count). The first kappa shape index (κ1) is 21.3. The number of benzene rings is 2. The van der Waals surface area contributed by atoms with Crippen molar-refractivity contribution < 1.29 is 18.3 Å². The Morgan fingerprint density at radius 1 is 1.10 bits per heavy atom. The van der Waals surface area contributed by atoms with E-state index in [2.05, 4.69) is 5.10 Å². The van der Waals surface area contributed by atoms with Crippen molar-refractivity contribution in [3.63, 3.8) is 0 Å². The standard InChI is InChI=1S/C23H25N3O4S/c1-17-21(15-22(27)28)23(18-9-4-2-5-10-18)25(24-17)16-19-11-8-14-26(19)31(29,30)20-12-6-3-7-13-20/h2-7,9-10,12-13,19H,8,11,14-16H2,1H3,(H,27,28). The van der Waals surface area contributed by atoms with Crippen LogP contribution in [0.4, 0.5) is 0 Å². The molecule has 3 aromatic rings. The number of rotatable bonds is 7. The Morgan fingerprint density at radius 3 is 2.39 bits per heavy atom. The molecule has 1 fully saturated rings. The second-order valence-electron chi connectivity index (χ2n) is 7.76. The van der Waals surface area contributed by atoms with E-state index in [1.165, 1.54) is 0 Å². The summed E-state index contributed by atoms with van der Waals surface area (Å²) in [7, 11) is -3.61. The number of sulfonamides is 1. The predicted molar refractivity (Wildman–Crippen MR) is 117 cm³/mol. The zero-order valence-electron chi connectivity index (χ0n) is 17.3. The molecule has 2 heterocycles. The van der Waals surface area contributed by atoms with E-state index in [0.29, 0.717) is 24.3 Å². The molecule has 0 spiro atoms. The number of hydrogen-bond acceptors (Lipinski definition) is 4. The van der Waals surface area contributed by atoms with Crippen LogP contribution in [0.3, 0.4) is 0 Å². The van der Waals surface area contributed by atoms with Gasteiger partial charge in [-0.05, 0) is 31.9 Å². The zero-order valence-corrected chi connectivity index (χ0v) is 18.1. The average molecular weight is 440 g/mol. The summed E-state index contributed by atoms with van der Waals surface area (Å²) in [5.74, 6) is -0.922. The quantitative estimate of drug-likeness (QED) is 0.610. The second kappa shape index (κ2) is 8.64. The van der Waals surface area contributed by atoms with E-state index in [4.69, 9.17) is 0 Å². The van der Waals surface area contributed by atoms with Crippen LogP contribution in [-0.4, -0.2) is 46.2 Å². The summed E-state index contributed by atoms with van der Waals surface area (Å²) in [5.41, 5.74) is 2.92. The first-order valence-electron chi connectivity index (χ1n) is 10.3. The lowest BCUT2D eigenvalue weighted by Gasteiger charge is -2.25. The van der Waals surface area contributed by atoms with Gasteiger partial charge in [-0.25, -0.2) is 8.42 Å². The minimum Gasteiger partial charge on any atom is -0.481 e. The van der Waals surface area contributed by atoms with Crippen LogP contribution >= 0.6 is 0 Å². The maximum Gasteiger partial charge on any atom is 0.307 e. The number of hydrogen-bond donors (Lipinski definition) is 1. The Balaban J connectivity index is 1.71. The van der Waals surface area contributed by atoms with Gasteiger partial charge in [-0.1, -0.05) is 48.5 Å². The number of carboxylic acids is 1. The van der Waals surface area contributed by atoms with Gasteiger partial charge in [0.2, 0.25) is 10.0 Å². The fraction of sp³-hybridized carbons (Fsp3) is 0.304. The fourth-order valence-electron chi connectivity index (χ4n) is 4.27. The molecule has 0 aliphatic carbocycles. The van der Waals surface area contributed by atoms with Crippen LogP contribution in [0.1, 0.15) is 24.1 Å². The van der Waals surface area contributed by atoms with Crippen molar-refractivity contribution in [1.82, 2.24) is 14.1 Å². The molecule has 0 radical (unpaired) electrons. The highest BCUT2D eigenvalue weighted by atomic mass is 32.2. The third-order valence-corrected chi connectivity index (χ3v) is 7.65. The first-order chi connectivity index (χ1) is 14.9. The van der Waals surface area contributed by atoms with Crippen molar-refractivity contribution in [1.29, 1.82) is 0 Å². The van der Waals surface area contributed by atoms with Crippen LogP contribution < -0.4 is 0 Å². The maximum absolute atomic E-state index is 13.2. The summed E-state index contributed by atoms with van der Waals surface area (Å²) in [6, 6.07) is 17.8. The Bertz CT molecular complexity index is 1170. The normalized spacial score (nSPS) is 17.1. The summed E-state index contributed by atoms with van der Waals surface area (Å²) in [6.07, 6.45) is 1.37. The lowest BCUT2D eigenvalue weighted by Crippen LogP contribution is -2.38. The molecule has 1 N–H and O–H groups in total. The molecule has 1 atom stereocenters. The number of aromatic nitrogens is 2. The van der Waals surface area contributed by atoms with Gasteiger partial charge < -0.3 is 5.11 Å². The molecule has 0 bridgehead atoms.